The number of anilines is 1. The van der Waals surface area contributed by atoms with Crippen molar-refractivity contribution in [1.29, 1.82) is 0 Å². The number of carbonyl (C=O) groups excluding carboxylic acids is 1. The van der Waals surface area contributed by atoms with Crippen LogP contribution in [0.2, 0.25) is 4.34 Å². The molecular formula is C20H18ClN3O2S2. The molecule has 0 saturated heterocycles. The van der Waals surface area contributed by atoms with Crippen LogP contribution in [0, 0.1) is 0 Å². The molecule has 144 valence electrons. The second-order valence-corrected chi connectivity index (χ2v) is 8.82. The first kappa shape index (κ1) is 19.1. The van der Waals surface area contributed by atoms with Gasteiger partial charge in [-0.05, 0) is 36.4 Å². The maximum Gasteiger partial charge on any atom is 0.230 e. The number of rotatable bonds is 7. The Morgan fingerprint density at radius 1 is 1.29 bits per heavy atom. The number of methoxy groups -OCH3 is 1. The average Bonchev–Trinajstić information content (AvgIpc) is 3.39. The number of hydrogen-bond donors (Lipinski definition) is 1. The van der Waals surface area contributed by atoms with Crippen molar-refractivity contribution >= 4 is 56.8 Å². The quantitative estimate of drug-likeness (QED) is 0.431. The third kappa shape index (κ3) is 4.28. The van der Waals surface area contributed by atoms with Crippen molar-refractivity contribution in [2.75, 3.05) is 19.0 Å². The van der Waals surface area contributed by atoms with Crippen molar-refractivity contribution in [3.05, 3.63) is 58.0 Å². The second-order valence-electron chi connectivity index (χ2n) is 6.25. The fraction of sp³-hybridized carbons (Fsp3) is 0.200. The molecule has 0 bridgehead atoms. The first-order valence-electron chi connectivity index (χ1n) is 8.70. The number of amides is 1. The van der Waals surface area contributed by atoms with Crippen LogP contribution in [0.4, 0.5) is 5.69 Å². The third-order valence-electron chi connectivity index (χ3n) is 4.27. The molecule has 5 nitrogen and oxygen atoms in total. The molecule has 0 aliphatic heterocycles. The Morgan fingerprint density at radius 2 is 2.18 bits per heavy atom. The van der Waals surface area contributed by atoms with Crippen LogP contribution in [0.3, 0.4) is 0 Å². The predicted molar refractivity (Wildman–Crippen MR) is 117 cm³/mol. The average molecular weight is 432 g/mol. The van der Waals surface area contributed by atoms with E-state index in [0.717, 1.165) is 43.1 Å². The standard InChI is InChI=1S/C20H18ClN3O2S2/c1-26-9-8-24-7-6-13-10-14(2-3-16(13)24)22-19(25)11-15-12-27-20(23-15)17-4-5-18(21)28-17/h2-7,10,12H,8-9,11H2,1H3,(H,22,25). The fourth-order valence-electron chi connectivity index (χ4n) is 2.96. The van der Waals surface area contributed by atoms with E-state index in [-0.39, 0.29) is 12.3 Å². The van der Waals surface area contributed by atoms with Gasteiger partial charge in [-0.1, -0.05) is 11.6 Å². The van der Waals surface area contributed by atoms with Gasteiger partial charge in [0.05, 0.1) is 27.9 Å². The van der Waals surface area contributed by atoms with Crippen LogP contribution < -0.4 is 5.32 Å². The molecule has 0 saturated carbocycles. The van der Waals surface area contributed by atoms with Gasteiger partial charge in [-0.2, -0.15) is 0 Å². The zero-order valence-electron chi connectivity index (χ0n) is 15.1. The summed E-state index contributed by atoms with van der Waals surface area (Å²) in [7, 11) is 1.69. The highest BCUT2D eigenvalue weighted by molar-refractivity contribution is 7.23. The number of fused-ring (bicyclic) bond motifs is 1. The van der Waals surface area contributed by atoms with Gasteiger partial charge in [-0.15, -0.1) is 22.7 Å². The van der Waals surface area contributed by atoms with E-state index in [0.29, 0.717) is 6.61 Å². The number of thiazole rings is 1. The number of nitrogens with zero attached hydrogens (tertiary/aromatic N) is 2. The van der Waals surface area contributed by atoms with E-state index < -0.39 is 0 Å². The first-order chi connectivity index (χ1) is 13.6. The van der Waals surface area contributed by atoms with Gasteiger partial charge < -0.3 is 14.6 Å². The topological polar surface area (TPSA) is 56.1 Å². The molecule has 3 aromatic heterocycles. The summed E-state index contributed by atoms with van der Waals surface area (Å²) in [6.07, 6.45) is 2.27. The van der Waals surface area contributed by atoms with Crippen molar-refractivity contribution in [2.24, 2.45) is 0 Å². The smallest absolute Gasteiger partial charge is 0.230 e. The van der Waals surface area contributed by atoms with E-state index in [4.69, 9.17) is 16.3 Å². The molecule has 1 aromatic carbocycles. The highest BCUT2D eigenvalue weighted by Gasteiger charge is 2.11. The minimum atomic E-state index is -0.0840. The molecule has 4 aromatic rings. The van der Waals surface area contributed by atoms with Gasteiger partial charge in [-0.25, -0.2) is 4.98 Å². The molecule has 0 atom stereocenters. The van der Waals surface area contributed by atoms with E-state index in [1.54, 1.807) is 7.11 Å². The molecule has 0 aliphatic carbocycles. The molecule has 0 fully saturated rings. The summed E-state index contributed by atoms with van der Waals surface area (Å²) in [4.78, 5) is 18.0. The molecule has 8 heteroatoms. The van der Waals surface area contributed by atoms with E-state index in [9.17, 15) is 4.79 Å². The van der Waals surface area contributed by atoms with E-state index in [1.165, 1.54) is 22.7 Å². The molecule has 0 radical (unpaired) electrons. The summed E-state index contributed by atoms with van der Waals surface area (Å²) in [6.45, 7) is 1.46. The summed E-state index contributed by atoms with van der Waals surface area (Å²) in [5.74, 6) is -0.0840. The maximum atomic E-state index is 12.4. The number of hydrogen-bond acceptors (Lipinski definition) is 5. The normalized spacial score (nSPS) is 11.2. The number of aromatic nitrogens is 2. The van der Waals surface area contributed by atoms with Gasteiger partial charge in [0.1, 0.15) is 5.01 Å². The van der Waals surface area contributed by atoms with Gasteiger partial charge in [-0.3, -0.25) is 4.79 Å². The summed E-state index contributed by atoms with van der Waals surface area (Å²) in [6, 6.07) is 11.8. The van der Waals surface area contributed by atoms with Gasteiger partial charge in [0, 0.05) is 41.8 Å². The Hall–Kier alpha value is -2.19. The fourth-order valence-corrected chi connectivity index (χ4v) is 4.90. The molecule has 4 rings (SSSR count). The predicted octanol–water partition coefficient (Wildman–Crippen LogP) is 5.31. The third-order valence-corrected chi connectivity index (χ3v) is 6.56. The number of halogens is 1. The van der Waals surface area contributed by atoms with Gasteiger partial charge in [0.25, 0.3) is 0 Å². The zero-order valence-corrected chi connectivity index (χ0v) is 17.5. The minimum absolute atomic E-state index is 0.0840. The van der Waals surface area contributed by atoms with Crippen molar-refractivity contribution in [3.63, 3.8) is 0 Å². The SMILES string of the molecule is COCCn1ccc2cc(NC(=O)Cc3csc(-c4ccc(Cl)s4)n3)ccc21. The maximum absolute atomic E-state index is 12.4. The Labute approximate surface area is 175 Å². The van der Waals surface area contributed by atoms with Crippen molar-refractivity contribution < 1.29 is 9.53 Å². The lowest BCUT2D eigenvalue weighted by Crippen LogP contribution is -2.14. The lowest BCUT2D eigenvalue weighted by Gasteiger charge is -2.07. The van der Waals surface area contributed by atoms with Gasteiger partial charge >= 0.3 is 0 Å². The summed E-state index contributed by atoms with van der Waals surface area (Å²) in [5, 5.41) is 6.85. The Bertz CT molecular complexity index is 1120. The number of ether oxygens (including phenoxy) is 1. The van der Waals surface area contributed by atoms with Crippen LogP contribution >= 0.6 is 34.3 Å². The minimum Gasteiger partial charge on any atom is -0.383 e. The summed E-state index contributed by atoms with van der Waals surface area (Å²) >= 11 is 8.99. The molecule has 3 heterocycles. The number of thiophene rings is 1. The van der Waals surface area contributed by atoms with E-state index in [1.807, 2.05) is 48.0 Å². The van der Waals surface area contributed by atoms with Crippen LogP contribution in [0.5, 0.6) is 0 Å². The highest BCUT2D eigenvalue weighted by Crippen LogP contribution is 2.33. The molecule has 1 amide bonds. The van der Waals surface area contributed by atoms with E-state index >= 15 is 0 Å². The zero-order chi connectivity index (χ0) is 19.5. The molecule has 0 unspecified atom stereocenters. The molecule has 1 N–H and O–H groups in total. The van der Waals surface area contributed by atoms with E-state index in [2.05, 4.69) is 14.9 Å². The van der Waals surface area contributed by atoms with Crippen molar-refractivity contribution in [1.82, 2.24) is 9.55 Å². The van der Waals surface area contributed by atoms with Crippen molar-refractivity contribution in [2.45, 2.75) is 13.0 Å². The lowest BCUT2D eigenvalue weighted by atomic mass is 10.2. The van der Waals surface area contributed by atoms with Crippen LogP contribution in [-0.4, -0.2) is 29.2 Å². The first-order valence-corrected chi connectivity index (χ1v) is 10.8. The largest absolute Gasteiger partial charge is 0.383 e. The molecular weight excluding hydrogens is 414 g/mol. The van der Waals surface area contributed by atoms with Crippen LogP contribution in [0.25, 0.3) is 20.8 Å². The van der Waals surface area contributed by atoms with Crippen LogP contribution in [0.15, 0.2) is 48.0 Å². The van der Waals surface area contributed by atoms with Crippen molar-refractivity contribution in [3.8, 4) is 9.88 Å². The Balaban J connectivity index is 1.41. The Kier molecular flexibility index (Phi) is 5.77. The number of benzene rings is 1. The number of nitrogens with one attached hydrogen (secondary N) is 1. The highest BCUT2D eigenvalue weighted by atomic mass is 35.5. The monoisotopic (exact) mass is 431 g/mol. The van der Waals surface area contributed by atoms with Crippen LogP contribution in [-0.2, 0) is 22.5 Å². The summed E-state index contributed by atoms with van der Waals surface area (Å²) in [5.41, 5.74) is 2.66. The molecule has 28 heavy (non-hydrogen) atoms. The summed E-state index contributed by atoms with van der Waals surface area (Å²) < 4.78 is 8.01. The van der Waals surface area contributed by atoms with Gasteiger partial charge in [0.15, 0.2) is 0 Å². The Morgan fingerprint density at radius 3 is 2.96 bits per heavy atom. The van der Waals surface area contributed by atoms with Crippen LogP contribution in [0.1, 0.15) is 5.69 Å². The van der Waals surface area contributed by atoms with Gasteiger partial charge in [0.2, 0.25) is 5.91 Å². The molecule has 0 aliphatic rings. The lowest BCUT2D eigenvalue weighted by molar-refractivity contribution is -0.115. The number of carbonyl (C=O) groups is 1. The second kappa shape index (κ2) is 8.45. The molecule has 0 spiro atoms.